The molecule has 0 N–H and O–H groups in total. The first-order valence-electron chi connectivity index (χ1n) is 17.1. The maximum Gasteiger partial charge on any atom is 0.340 e. The standard InChI is InChI=1S/C40H53FN2O4/c1-25(2)45-37(44)36(47-38(5,6)7)34-27(4)42-26(3)33(35(34)43-21-19-39(8,9)20-22-43)30-13-16-32-29(23-30)17-18-40(10,46-32)24-28-11-14-31(41)15-12-28/h11-16,23,25,36H,17-22,24H2,1-10H3/t36-,40?/m0/s1. The van der Waals surface area contributed by atoms with Gasteiger partial charge in [0, 0.05) is 42.0 Å². The predicted molar refractivity (Wildman–Crippen MR) is 187 cm³/mol. The highest BCUT2D eigenvalue weighted by molar-refractivity contribution is 5.89. The quantitative estimate of drug-likeness (QED) is 0.228. The van der Waals surface area contributed by atoms with E-state index in [0.717, 1.165) is 89.4 Å². The molecule has 1 unspecified atom stereocenters. The van der Waals surface area contributed by atoms with Gasteiger partial charge in [0.25, 0.3) is 0 Å². The number of pyridine rings is 1. The van der Waals surface area contributed by atoms with Crippen molar-refractivity contribution in [3.8, 4) is 16.9 Å². The number of anilines is 1. The average Bonchev–Trinajstić information content (AvgIpc) is 2.96. The van der Waals surface area contributed by atoms with E-state index in [4.69, 9.17) is 19.2 Å². The molecule has 1 fully saturated rings. The third-order valence-electron chi connectivity index (χ3n) is 9.43. The molecular weight excluding hydrogens is 591 g/mol. The smallest absolute Gasteiger partial charge is 0.340 e. The van der Waals surface area contributed by atoms with E-state index in [0.29, 0.717) is 6.42 Å². The van der Waals surface area contributed by atoms with E-state index in [1.165, 1.54) is 12.1 Å². The van der Waals surface area contributed by atoms with Gasteiger partial charge in [0.2, 0.25) is 0 Å². The second-order valence-corrected chi connectivity index (χ2v) is 15.8. The number of carbonyl (C=O) groups is 1. The molecular formula is C40H53FN2O4. The summed E-state index contributed by atoms with van der Waals surface area (Å²) in [6, 6.07) is 13.1. The molecule has 2 aromatic carbocycles. The lowest BCUT2D eigenvalue weighted by molar-refractivity contribution is -0.171. The Balaban J connectivity index is 1.61. The van der Waals surface area contributed by atoms with Gasteiger partial charge in [-0.15, -0.1) is 0 Å². The third kappa shape index (κ3) is 8.17. The molecule has 6 nitrogen and oxygen atoms in total. The van der Waals surface area contributed by atoms with Crippen LogP contribution < -0.4 is 9.64 Å². The van der Waals surface area contributed by atoms with Crippen LogP contribution in [-0.4, -0.2) is 41.3 Å². The summed E-state index contributed by atoms with van der Waals surface area (Å²) in [6.45, 7) is 22.2. The van der Waals surface area contributed by atoms with Gasteiger partial charge in [0.05, 0.1) is 17.4 Å². The maximum absolute atomic E-state index is 13.8. The van der Waals surface area contributed by atoms with Crippen molar-refractivity contribution < 1.29 is 23.4 Å². The van der Waals surface area contributed by atoms with Crippen molar-refractivity contribution in [2.45, 2.75) is 125 Å². The fourth-order valence-electron chi connectivity index (χ4n) is 6.95. The van der Waals surface area contributed by atoms with Gasteiger partial charge in [-0.2, -0.15) is 0 Å². The maximum atomic E-state index is 13.8. The number of aromatic nitrogens is 1. The zero-order valence-corrected chi connectivity index (χ0v) is 30.1. The highest BCUT2D eigenvalue weighted by atomic mass is 19.1. The molecule has 0 aliphatic carbocycles. The summed E-state index contributed by atoms with van der Waals surface area (Å²) >= 11 is 0. The molecule has 5 rings (SSSR count). The number of hydrogen-bond donors (Lipinski definition) is 0. The Kier molecular flexibility index (Phi) is 9.81. The van der Waals surface area contributed by atoms with Crippen molar-refractivity contribution in [1.29, 1.82) is 0 Å². The lowest BCUT2D eigenvalue weighted by Crippen LogP contribution is -2.39. The highest BCUT2D eigenvalue weighted by Gasteiger charge is 2.38. The SMILES string of the molecule is Cc1nc(C)c([C@H](OC(C)(C)C)C(=O)OC(C)C)c(N2CCC(C)(C)CC2)c1-c1ccc2c(c1)CCC(C)(Cc1ccc(F)cc1)O2. The minimum absolute atomic E-state index is 0.230. The summed E-state index contributed by atoms with van der Waals surface area (Å²) in [5, 5.41) is 0. The van der Waals surface area contributed by atoms with E-state index in [1.54, 1.807) is 0 Å². The van der Waals surface area contributed by atoms with Crippen LogP contribution in [-0.2, 0) is 27.1 Å². The number of ether oxygens (including phenoxy) is 3. The molecule has 0 spiro atoms. The molecule has 1 saturated heterocycles. The van der Waals surface area contributed by atoms with E-state index >= 15 is 0 Å². The Morgan fingerprint density at radius 3 is 2.28 bits per heavy atom. The second-order valence-electron chi connectivity index (χ2n) is 15.8. The van der Waals surface area contributed by atoms with Crippen molar-refractivity contribution in [2.75, 3.05) is 18.0 Å². The first-order valence-corrected chi connectivity index (χ1v) is 17.1. The Bertz CT molecular complexity index is 1600. The topological polar surface area (TPSA) is 60.9 Å². The average molecular weight is 645 g/mol. The lowest BCUT2D eigenvalue weighted by atomic mass is 9.81. The Morgan fingerprint density at radius 1 is 1.00 bits per heavy atom. The second kappa shape index (κ2) is 13.2. The molecule has 254 valence electrons. The molecule has 2 aliphatic heterocycles. The van der Waals surface area contributed by atoms with Gasteiger partial charge in [0.15, 0.2) is 6.10 Å². The Hall–Kier alpha value is -3.45. The number of fused-ring (bicyclic) bond motifs is 1. The summed E-state index contributed by atoms with van der Waals surface area (Å²) in [4.78, 5) is 21.3. The molecule has 1 aromatic heterocycles. The lowest BCUT2D eigenvalue weighted by Gasteiger charge is -2.41. The predicted octanol–water partition coefficient (Wildman–Crippen LogP) is 9.27. The van der Waals surface area contributed by atoms with Crippen molar-refractivity contribution in [3.05, 3.63) is 76.4 Å². The summed E-state index contributed by atoms with van der Waals surface area (Å²) in [6.07, 6.45) is 3.28. The molecule has 3 aromatic rings. The van der Waals surface area contributed by atoms with Crippen molar-refractivity contribution in [2.24, 2.45) is 5.41 Å². The van der Waals surface area contributed by atoms with Crippen molar-refractivity contribution in [1.82, 2.24) is 4.98 Å². The summed E-state index contributed by atoms with van der Waals surface area (Å²) in [7, 11) is 0. The number of esters is 1. The zero-order valence-electron chi connectivity index (χ0n) is 30.1. The van der Waals surface area contributed by atoms with E-state index in [9.17, 15) is 9.18 Å². The minimum Gasteiger partial charge on any atom is -0.487 e. The van der Waals surface area contributed by atoms with Gasteiger partial charge < -0.3 is 19.1 Å². The molecule has 0 saturated carbocycles. The van der Waals surface area contributed by atoms with Crippen LogP contribution in [0.1, 0.15) is 109 Å². The van der Waals surface area contributed by atoms with Gasteiger partial charge in [-0.05, 0) is 127 Å². The number of carbonyl (C=O) groups excluding carboxylic acids is 1. The molecule has 0 bridgehead atoms. The number of rotatable bonds is 8. The number of hydrogen-bond acceptors (Lipinski definition) is 6. The number of benzene rings is 2. The van der Waals surface area contributed by atoms with Crippen LogP contribution >= 0.6 is 0 Å². The van der Waals surface area contributed by atoms with Gasteiger partial charge in [-0.1, -0.05) is 32.0 Å². The Morgan fingerprint density at radius 2 is 1.66 bits per heavy atom. The van der Waals surface area contributed by atoms with Crippen molar-refractivity contribution >= 4 is 11.7 Å². The zero-order chi connectivity index (χ0) is 34.3. The normalized spacial score (nSPS) is 20.0. The van der Waals surface area contributed by atoms with E-state index in [-0.39, 0.29) is 22.9 Å². The van der Waals surface area contributed by atoms with Gasteiger partial charge in [0.1, 0.15) is 17.2 Å². The molecule has 47 heavy (non-hydrogen) atoms. The molecule has 2 atom stereocenters. The van der Waals surface area contributed by atoms with Crippen LogP contribution in [0.2, 0.25) is 0 Å². The number of halogens is 1. The molecule has 2 aliphatic rings. The first-order chi connectivity index (χ1) is 21.9. The van der Waals surface area contributed by atoms with E-state index in [2.05, 4.69) is 50.8 Å². The van der Waals surface area contributed by atoms with Crippen LogP contribution in [0.5, 0.6) is 5.75 Å². The van der Waals surface area contributed by atoms with Crippen LogP contribution in [0.15, 0.2) is 42.5 Å². The molecule has 3 heterocycles. The first kappa shape index (κ1) is 34.9. The largest absolute Gasteiger partial charge is 0.487 e. The molecule has 0 radical (unpaired) electrons. The fourth-order valence-corrected chi connectivity index (χ4v) is 6.95. The Labute approximate surface area is 281 Å². The molecule has 0 amide bonds. The fraction of sp³-hybridized carbons (Fsp3) is 0.550. The van der Waals surface area contributed by atoms with Crippen molar-refractivity contribution in [3.63, 3.8) is 0 Å². The highest BCUT2D eigenvalue weighted by Crippen LogP contribution is 2.46. The van der Waals surface area contributed by atoms with Gasteiger partial charge in [-0.25, -0.2) is 9.18 Å². The summed E-state index contributed by atoms with van der Waals surface area (Å²) in [5.74, 6) is 0.247. The monoisotopic (exact) mass is 644 g/mol. The summed E-state index contributed by atoms with van der Waals surface area (Å²) < 4.78 is 32.6. The van der Waals surface area contributed by atoms with Crippen LogP contribution in [0.4, 0.5) is 10.1 Å². The number of nitrogens with zero attached hydrogens (tertiary/aromatic N) is 2. The number of piperidine rings is 1. The van der Waals surface area contributed by atoms with Crippen LogP contribution in [0.25, 0.3) is 11.1 Å². The van der Waals surface area contributed by atoms with Gasteiger partial charge >= 0.3 is 5.97 Å². The minimum atomic E-state index is -0.928. The van der Waals surface area contributed by atoms with Crippen LogP contribution in [0.3, 0.4) is 0 Å². The molecule has 7 heteroatoms. The van der Waals surface area contributed by atoms with Crippen LogP contribution in [0, 0.1) is 25.1 Å². The number of aryl methyl sites for hydroxylation is 3. The summed E-state index contributed by atoms with van der Waals surface area (Å²) in [5.41, 5.74) is 7.02. The van der Waals surface area contributed by atoms with E-state index in [1.807, 2.05) is 53.7 Å². The van der Waals surface area contributed by atoms with E-state index < -0.39 is 17.7 Å². The van der Waals surface area contributed by atoms with Gasteiger partial charge in [-0.3, -0.25) is 4.98 Å². The third-order valence-corrected chi connectivity index (χ3v) is 9.43.